The summed E-state index contributed by atoms with van der Waals surface area (Å²) in [5, 5.41) is 10.3. The van der Waals surface area contributed by atoms with Crippen molar-refractivity contribution < 1.29 is 0 Å². The molecule has 0 aliphatic rings. The summed E-state index contributed by atoms with van der Waals surface area (Å²) in [6.45, 7) is 2.09. The second-order valence-corrected chi connectivity index (χ2v) is 7.23. The van der Waals surface area contributed by atoms with Crippen LogP contribution in [0.3, 0.4) is 0 Å². The van der Waals surface area contributed by atoms with Crippen molar-refractivity contribution in [3.8, 4) is 10.6 Å². The second kappa shape index (κ2) is 8.12. The summed E-state index contributed by atoms with van der Waals surface area (Å²) in [4.78, 5) is 0. The van der Waals surface area contributed by atoms with Crippen molar-refractivity contribution in [1.29, 1.82) is 0 Å². The van der Waals surface area contributed by atoms with Gasteiger partial charge >= 0.3 is 0 Å². The Balaban J connectivity index is 1.55. The second-order valence-electron chi connectivity index (χ2n) is 6.25. The van der Waals surface area contributed by atoms with E-state index in [1.165, 1.54) is 28.0 Å². The van der Waals surface area contributed by atoms with E-state index in [2.05, 4.69) is 64.4 Å². The van der Waals surface area contributed by atoms with E-state index in [1.807, 2.05) is 48.5 Å². The molecule has 1 aromatic heterocycles. The van der Waals surface area contributed by atoms with E-state index in [-0.39, 0.29) is 6.04 Å². The molecule has 134 valence electrons. The third-order valence-electron chi connectivity index (χ3n) is 4.39. The third kappa shape index (κ3) is 4.05. The number of anilines is 1. The highest BCUT2D eigenvalue weighted by Gasteiger charge is 2.14. The average molecular weight is 372 g/mol. The van der Waals surface area contributed by atoms with Crippen LogP contribution >= 0.6 is 11.3 Å². The Morgan fingerprint density at radius 1 is 0.741 bits per heavy atom. The molecule has 0 aliphatic carbocycles. The van der Waals surface area contributed by atoms with Crippen LogP contribution in [0, 0.1) is 6.92 Å². The molecule has 0 radical (unpaired) electrons. The van der Waals surface area contributed by atoms with Crippen LogP contribution in [0.4, 0.5) is 5.13 Å². The highest BCUT2D eigenvalue weighted by Crippen LogP contribution is 2.29. The van der Waals surface area contributed by atoms with Crippen molar-refractivity contribution >= 4 is 16.5 Å². The van der Waals surface area contributed by atoms with Crippen molar-refractivity contribution in [2.45, 2.75) is 13.0 Å². The van der Waals surface area contributed by atoms with Crippen molar-refractivity contribution in [2.75, 3.05) is 5.43 Å². The van der Waals surface area contributed by atoms with Gasteiger partial charge in [0.1, 0.15) is 5.01 Å². The SMILES string of the molecule is Cc1ccccc1-c1nnc(NNC(c2ccccc2)c2ccccc2)s1. The van der Waals surface area contributed by atoms with Gasteiger partial charge in [0, 0.05) is 5.56 Å². The fourth-order valence-electron chi connectivity index (χ4n) is 2.98. The van der Waals surface area contributed by atoms with Crippen molar-refractivity contribution in [1.82, 2.24) is 15.6 Å². The van der Waals surface area contributed by atoms with Gasteiger partial charge in [-0.2, -0.15) is 0 Å². The van der Waals surface area contributed by atoms with Crippen LogP contribution in [-0.2, 0) is 0 Å². The third-order valence-corrected chi connectivity index (χ3v) is 5.26. The maximum Gasteiger partial charge on any atom is 0.220 e. The zero-order valence-electron chi connectivity index (χ0n) is 15.0. The number of rotatable bonds is 6. The van der Waals surface area contributed by atoms with Gasteiger partial charge in [0.2, 0.25) is 5.13 Å². The molecule has 0 saturated heterocycles. The number of aromatic nitrogens is 2. The van der Waals surface area contributed by atoms with Gasteiger partial charge in [0.05, 0.1) is 6.04 Å². The van der Waals surface area contributed by atoms with Gasteiger partial charge in [-0.15, -0.1) is 10.2 Å². The van der Waals surface area contributed by atoms with Crippen LogP contribution in [0.25, 0.3) is 10.6 Å². The molecule has 0 unspecified atom stereocenters. The largest absolute Gasteiger partial charge is 0.295 e. The zero-order valence-corrected chi connectivity index (χ0v) is 15.8. The van der Waals surface area contributed by atoms with E-state index in [1.54, 1.807) is 0 Å². The van der Waals surface area contributed by atoms with Crippen LogP contribution < -0.4 is 10.9 Å². The lowest BCUT2D eigenvalue weighted by molar-refractivity contribution is 0.680. The molecule has 1 heterocycles. The minimum absolute atomic E-state index is 0.0122. The molecule has 3 aromatic carbocycles. The van der Waals surface area contributed by atoms with E-state index >= 15 is 0 Å². The van der Waals surface area contributed by atoms with Crippen molar-refractivity contribution in [2.24, 2.45) is 0 Å². The summed E-state index contributed by atoms with van der Waals surface area (Å²) in [6.07, 6.45) is 0. The van der Waals surface area contributed by atoms with Crippen LogP contribution in [0.1, 0.15) is 22.7 Å². The molecular formula is C22H20N4S. The summed E-state index contributed by atoms with van der Waals surface area (Å²) in [5.74, 6) is 0. The van der Waals surface area contributed by atoms with Crippen LogP contribution in [0.15, 0.2) is 84.9 Å². The van der Waals surface area contributed by atoms with E-state index in [9.17, 15) is 0 Å². The molecule has 0 atom stereocenters. The molecule has 4 rings (SSSR count). The van der Waals surface area contributed by atoms with Gasteiger partial charge < -0.3 is 0 Å². The Labute approximate surface area is 162 Å². The van der Waals surface area contributed by atoms with E-state index < -0.39 is 0 Å². The number of benzene rings is 3. The Hall–Kier alpha value is -3.02. The standard InChI is InChI=1S/C22H20N4S/c1-16-10-8-9-15-19(16)21-24-26-22(27-21)25-23-20(17-11-4-2-5-12-17)18-13-6-3-7-14-18/h2-15,20,23H,1H3,(H,25,26). The summed E-state index contributed by atoms with van der Waals surface area (Å²) in [7, 11) is 0. The van der Waals surface area contributed by atoms with Gasteiger partial charge in [-0.25, -0.2) is 5.43 Å². The fourth-order valence-corrected chi connectivity index (χ4v) is 3.77. The molecular weight excluding hydrogens is 352 g/mol. The fraction of sp³-hybridized carbons (Fsp3) is 0.0909. The van der Waals surface area contributed by atoms with E-state index in [4.69, 9.17) is 0 Å². The lowest BCUT2D eigenvalue weighted by Gasteiger charge is -2.19. The summed E-state index contributed by atoms with van der Waals surface area (Å²) in [5.41, 5.74) is 11.3. The van der Waals surface area contributed by atoms with E-state index in [0.717, 1.165) is 15.7 Å². The Kier molecular flexibility index (Phi) is 5.23. The maximum absolute atomic E-state index is 4.34. The van der Waals surface area contributed by atoms with Gasteiger partial charge in [-0.3, -0.25) is 5.43 Å². The smallest absolute Gasteiger partial charge is 0.220 e. The lowest BCUT2D eigenvalue weighted by Crippen LogP contribution is -2.28. The normalized spacial score (nSPS) is 10.9. The van der Waals surface area contributed by atoms with Crippen LogP contribution in [0.2, 0.25) is 0 Å². The molecule has 0 fully saturated rings. The van der Waals surface area contributed by atoms with Gasteiger partial charge in [0.15, 0.2) is 0 Å². The molecule has 5 heteroatoms. The molecule has 0 spiro atoms. The predicted octanol–water partition coefficient (Wildman–Crippen LogP) is 5.22. The van der Waals surface area contributed by atoms with E-state index in [0.29, 0.717) is 0 Å². The first-order valence-electron chi connectivity index (χ1n) is 8.82. The van der Waals surface area contributed by atoms with Crippen molar-refractivity contribution in [3.05, 3.63) is 102 Å². The maximum atomic E-state index is 4.34. The molecule has 4 nitrogen and oxygen atoms in total. The molecule has 2 N–H and O–H groups in total. The van der Waals surface area contributed by atoms with Crippen LogP contribution in [-0.4, -0.2) is 10.2 Å². The number of hydrogen-bond donors (Lipinski definition) is 2. The Morgan fingerprint density at radius 3 is 1.96 bits per heavy atom. The molecule has 0 bridgehead atoms. The average Bonchev–Trinajstić information content (AvgIpc) is 3.19. The Bertz CT molecular complexity index is 960. The van der Waals surface area contributed by atoms with Crippen molar-refractivity contribution in [3.63, 3.8) is 0 Å². The van der Waals surface area contributed by atoms with Gasteiger partial charge in [0.25, 0.3) is 0 Å². The summed E-state index contributed by atoms with van der Waals surface area (Å²) < 4.78 is 0. The summed E-state index contributed by atoms with van der Waals surface area (Å²) >= 11 is 1.54. The lowest BCUT2D eigenvalue weighted by atomic mass is 9.99. The first kappa shape index (κ1) is 17.4. The number of hydrogen-bond acceptors (Lipinski definition) is 5. The zero-order chi connectivity index (χ0) is 18.5. The molecule has 0 aliphatic heterocycles. The number of nitrogens with one attached hydrogen (secondary N) is 2. The minimum Gasteiger partial charge on any atom is -0.295 e. The highest BCUT2D eigenvalue weighted by atomic mass is 32.1. The highest BCUT2D eigenvalue weighted by molar-refractivity contribution is 7.18. The van der Waals surface area contributed by atoms with Gasteiger partial charge in [-0.05, 0) is 23.6 Å². The van der Waals surface area contributed by atoms with Gasteiger partial charge in [-0.1, -0.05) is 96.3 Å². The quantitative estimate of drug-likeness (QED) is 0.456. The minimum atomic E-state index is 0.0122. The topological polar surface area (TPSA) is 49.8 Å². The molecule has 4 aromatic rings. The predicted molar refractivity (Wildman–Crippen MR) is 112 cm³/mol. The first-order valence-corrected chi connectivity index (χ1v) is 9.64. The Morgan fingerprint density at radius 2 is 1.33 bits per heavy atom. The molecule has 0 amide bonds. The first-order chi connectivity index (χ1) is 13.3. The monoisotopic (exact) mass is 372 g/mol. The number of hydrazine groups is 1. The number of aryl methyl sites for hydroxylation is 1. The summed E-state index contributed by atoms with van der Waals surface area (Å²) in [6, 6.07) is 28.9. The number of nitrogens with zero attached hydrogens (tertiary/aromatic N) is 2. The van der Waals surface area contributed by atoms with Crippen LogP contribution in [0.5, 0.6) is 0 Å². The molecule has 27 heavy (non-hydrogen) atoms. The molecule has 0 saturated carbocycles.